The molecule has 4 heteroatoms. The molecule has 0 saturated heterocycles. The molecule has 0 aliphatic heterocycles. The van der Waals surface area contributed by atoms with Crippen molar-refractivity contribution in [2.75, 3.05) is 0 Å². The smallest absolute Gasteiger partial charge is 0.314 e. The molecule has 1 atom stereocenters. The van der Waals surface area contributed by atoms with E-state index in [0.717, 1.165) is 5.56 Å². The second kappa shape index (κ2) is 8.03. The first kappa shape index (κ1) is 16.6. The minimum Gasteiger partial charge on any atom is -0.481 e. The fraction of sp³-hybridized carbons (Fsp3) is 0.211. The average molecular weight is 310 g/mol. The second-order valence-electron chi connectivity index (χ2n) is 5.35. The summed E-state index contributed by atoms with van der Waals surface area (Å²) in [5.74, 6) is -3.32. The number of aryl methyl sites for hydroxylation is 1. The van der Waals surface area contributed by atoms with Gasteiger partial charge in [-0.3, -0.25) is 14.4 Å². The molecule has 2 aromatic carbocycles. The third-order valence-electron chi connectivity index (χ3n) is 3.64. The SMILES string of the molecule is O=C(CCc1ccccc1)CC(C(=O)O)C(=O)c1ccccc1. The summed E-state index contributed by atoms with van der Waals surface area (Å²) < 4.78 is 0. The minimum atomic E-state index is -1.32. The van der Waals surface area contributed by atoms with Crippen LogP contribution in [0.5, 0.6) is 0 Å². The largest absolute Gasteiger partial charge is 0.481 e. The van der Waals surface area contributed by atoms with E-state index in [-0.39, 0.29) is 18.6 Å². The summed E-state index contributed by atoms with van der Waals surface area (Å²) in [6, 6.07) is 17.7. The number of hydrogen-bond acceptors (Lipinski definition) is 3. The van der Waals surface area contributed by atoms with Gasteiger partial charge in [0.2, 0.25) is 0 Å². The molecule has 0 amide bonds. The maximum absolute atomic E-state index is 12.3. The first-order valence-corrected chi connectivity index (χ1v) is 7.45. The van der Waals surface area contributed by atoms with Crippen LogP contribution in [0.3, 0.4) is 0 Å². The molecule has 1 N–H and O–H groups in total. The Labute approximate surface area is 134 Å². The van der Waals surface area contributed by atoms with Gasteiger partial charge in [0.05, 0.1) is 0 Å². The summed E-state index contributed by atoms with van der Waals surface area (Å²) in [7, 11) is 0. The molecular formula is C19H18O4. The number of Topliss-reactive ketones (excluding diaryl/α,β-unsaturated/α-hetero) is 2. The van der Waals surface area contributed by atoms with Crippen molar-refractivity contribution in [1.82, 2.24) is 0 Å². The van der Waals surface area contributed by atoms with Gasteiger partial charge in [-0.25, -0.2) is 0 Å². The van der Waals surface area contributed by atoms with Crippen molar-refractivity contribution in [3.8, 4) is 0 Å². The molecular weight excluding hydrogens is 292 g/mol. The number of carboxylic acid groups (broad SMARTS) is 1. The summed E-state index contributed by atoms with van der Waals surface area (Å²) in [4.78, 5) is 35.7. The minimum absolute atomic E-state index is 0.217. The summed E-state index contributed by atoms with van der Waals surface area (Å²) in [6.45, 7) is 0. The van der Waals surface area contributed by atoms with E-state index in [0.29, 0.717) is 12.0 Å². The maximum Gasteiger partial charge on any atom is 0.314 e. The summed E-state index contributed by atoms with van der Waals surface area (Å²) >= 11 is 0. The number of benzene rings is 2. The van der Waals surface area contributed by atoms with Crippen LogP contribution in [0, 0.1) is 5.92 Å². The Morgan fingerprint density at radius 1 is 0.870 bits per heavy atom. The van der Waals surface area contributed by atoms with Crippen molar-refractivity contribution in [1.29, 1.82) is 0 Å². The van der Waals surface area contributed by atoms with E-state index in [1.165, 1.54) is 0 Å². The van der Waals surface area contributed by atoms with Crippen LogP contribution in [-0.4, -0.2) is 22.6 Å². The second-order valence-corrected chi connectivity index (χ2v) is 5.35. The lowest BCUT2D eigenvalue weighted by atomic mass is 9.91. The fourth-order valence-corrected chi connectivity index (χ4v) is 2.35. The lowest BCUT2D eigenvalue weighted by Crippen LogP contribution is -2.26. The molecule has 0 bridgehead atoms. The first-order chi connectivity index (χ1) is 11.1. The van der Waals surface area contributed by atoms with Crippen LogP contribution in [0.4, 0.5) is 0 Å². The zero-order valence-corrected chi connectivity index (χ0v) is 12.6. The standard InChI is InChI=1S/C19H18O4/c20-16(12-11-14-7-3-1-4-8-14)13-17(19(22)23)18(21)15-9-5-2-6-10-15/h1-10,17H,11-13H2,(H,22,23). The summed E-state index contributed by atoms with van der Waals surface area (Å²) in [5.41, 5.74) is 1.33. The van der Waals surface area contributed by atoms with Crippen molar-refractivity contribution in [3.63, 3.8) is 0 Å². The van der Waals surface area contributed by atoms with Gasteiger partial charge in [-0.1, -0.05) is 60.7 Å². The predicted molar refractivity (Wildman–Crippen MR) is 86.3 cm³/mol. The highest BCUT2D eigenvalue weighted by Gasteiger charge is 2.29. The Kier molecular flexibility index (Phi) is 5.80. The van der Waals surface area contributed by atoms with Gasteiger partial charge in [0, 0.05) is 18.4 Å². The number of carbonyl (C=O) groups excluding carboxylic acids is 2. The van der Waals surface area contributed by atoms with Gasteiger partial charge >= 0.3 is 5.97 Å². The Morgan fingerprint density at radius 2 is 1.43 bits per heavy atom. The zero-order valence-electron chi connectivity index (χ0n) is 12.6. The number of carbonyl (C=O) groups is 3. The van der Waals surface area contributed by atoms with Crippen molar-refractivity contribution >= 4 is 17.5 Å². The lowest BCUT2D eigenvalue weighted by molar-refractivity contribution is -0.141. The van der Waals surface area contributed by atoms with E-state index in [1.807, 2.05) is 30.3 Å². The third kappa shape index (κ3) is 4.88. The van der Waals surface area contributed by atoms with Gasteiger partial charge in [0.25, 0.3) is 0 Å². The van der Waals surface area contributed by atoms with Crippen molar-refractivity contribution < 1.29 is 19.5 Å². The Bertz CT molecular complexity index is 677. The molecule has 0 radical (unpaired) electrons. The normalized spacial score (nSPS) is 11.7. The molecule has 0 saturated carbocycles. The van der Waals surface area contributed by atoms with Crippen LogP contribution in [0.1, 0.15) is 28.8 Å². The van der Waals surface area contributed by atoms with E-state index in [1.54, 1.807) is 30.3 Å². The van der Waals surface area contributed by atoms with Gasteiger partial charge in [-0.15, -0.1) is 0 Å². The maximum atomic E-state index is 12.3. The third-order valence-corrected chi connectivity index (χ3v) is 3.64. The Hall–Kier alpha value is -2.75. The molecule has 4 nitrogen and oxygen atoms in total. The molecule has 118 valence electrons. The molecule has 2 rings (SSSR count). The first-order valence-electron chi connectivity index (χ1n) is 7.45. The molecule has 0 spiro atoms. The van der Waals surface area contributed by atoms with E-state index < -0.39 is 17.7 Å². The molecule has 0 aliphatic rings. The molecule has 23 heavy (non-hydrogen) atoms. The molecule has 0 aromatic heterocycles. The summed E-state index contributed by atoms with van der Waals surface area (Å²) in [5, 5.41) is 9.27. The Balaban J connectivity index is 1.98. The highest BCUT2D eigenvalue weighted by atomic mass is 16.4. The quantitative estimate of drug-likeness (QED) is 0.600. The van der Waals surface area contributed by atoms with Crippen LogP contribution in [0.25, 0.3) is 0 Å². The highest BCUT2D eigenvalue weighted by molar-refractivity contribution is 6.10. The molecule has 0 fully saturated rings. The fourth-order valence-electron chi connectivity index (χ4n) is 2.35. The zero-order chi connectivity index (χ0) is 16.7. The number of ketones is 2. The highest BCUT2D eigenvalue weighted by Crippen LogP contribution is 2.15. The monoisotopic (exact) mass is 310 g/mol. The van der Waals surface area contributed by atoms with E-state index in [4.69, 9.17) is 0 Å². The van der Waals surface area contributed by atoms with Crippen molar-refractivity contribution in [2.24, 2.45) is 5.92 Å². The number of aliphatic carboxylic acids is 1. The topological polar surface area (TPSA) is 71.4 Å². The van der Waals surface area contributed by atoms with Crippen LogP contribution < -0.4 is 0 Å². The number of hydrogen-bond donors (Lipinski definition) is 1. The predicted octanol–water partition coefficient (Wildman–Crippen LogP) is 3.16. The lowest BCUT2D eigenvalue weighted by Gasteiger charge is -2.11. The van der Waals surface area contributed by atoms with Gasteiger partial charge in [0.1, 0.15) is 11.7 Å². The average Bonchev–Trinajstić information content (AvgIpc) is 2.58. The van der Waals surface area contributed by atoms with Crippen molar-refractivity contribution in [3.05, 3.63) is 71.8 Å². The van der Waals surface area contributed by atoms with E-state index >= 15 is 0 Å². The van der Waals surface area contributed by atoms with Gasteiger partial charge in [-0.05, 0) is 12.0 Å². The molecule has 0 aliphatic carbocycles. The Morgan fingerprint density at radius 3 is 2.00 bits per heavy atom. The van der Waals surface area contributed by atoms with Crippen LogP contribution in [0.15, 0.2) is 60.7 Å². The van der Waals surface area contributed by atoms with Crippen LogP contribution >= 0.6 is 0 Å². The van der Waals surface area contributed by atoms with Gasteiger partial charge in [0.15, 0.2) is 5.78 Å². The number of rotatable bonds is 8. The van der Waals surface area contributed by atoms with Crippen LogP contribution in [0.2, 0.25) is 0 Å². The van der Waals surface area contributed by atoms with E-state index in [9.17, 15) is 19.5 Å². The number of carboxylic acids is 1. The van der Waals surface area contributed by atoms with Crippen molar-refractivity contribution in [2.45, 2.75) is 19.3 Å². The van der Waals surface area contributed by atoms with Gasteiger partial charge < -0.3 is 5.11 Å². The summed E-state index contributed by atoms with van der Waals surface area (Å²) in [6.07, 6.45) is 0.511. The molecule has 0 heterocycles. The molecule has 1 unspecified atom stereocenters. The van der Waals surface area contributed by atoms with E-state index in [2.05, 4.69) is 0 Å². The molecule has 2 aromatic rings. The van der Waals surface area contributed by atoms with Crippen LogP contribution in [-0.2, 0) is 16.0 Å². The van der Waals surface area contributed by atoms with Gasteiger partial charge in [-0.2, -0.15) is 0 Å².